The van der Waals surface area contributed by atoms with E-state index in [1.807, 2.05) is 6.07 Å². The molecule has 0 saturated carbocycles. The van der Waals surface area contributed by atoms with E-state index in [9.17, 15) is 9.18 Å². The summed E-state index contributed by atoms with van der Waals surface area (Å²) in [5.74, 6) is -0.558. The Morgan fingerprint density at radius 1 is 1.17 bits per heavy atom. The second-order valence-corrected chi connectivity index (χ2v) is 4.32. The van der Waals surface area contributed by atoms with Gasteiger partial charge in [0.25, 0.3) is 0 Å². The summed E-state index contributed by atoms with van der Waals surface area (Å²) in [5.41, 5.74) is 0.926. The van der Waals surface area contributed by atoms with Gasteiger partial charge in [-0.05, 0) is 24.3 Å². The summed E-state index contributed by atoms with van der Waals surface area (Å²) in [7, 11) is 0. The molecule has 1 heterocycles. The molecular weight excluding hydrogens is 253 g/mol. The molecule has 0 atom stereocenters. The van der Waals surface area contributed by atoms with Crippen molar-refractivity contribution in [2.45, 2.75) is 12.8 Å². The van der Waals surface area contributed by atoms with Gasteiger partial charge in [0.1, 0.15) is 11.6 Å². The van der Waals surface area contributed by atoms with Crippen molar-refractivity contribution in [1.29, 1.82) is 0 Å². The smallest absolute Gasteiger partial charge is 0.143 e. The van der Waals surface area contributed by atoms with Crippen molar-refractivity contribution in [1.82, 2.24) is 4.98 Å². The lowest BCUT2D eigenvalue weighted by Crippen LogP contribution is -2.09. The van der Waals surface area contributed by atoms with Crippen LogP contribution in [-0.2, 0) is 17.6 Å². The minimum Gasteiger partial charge on any atom is -0.299 e. The Bertz CT molecular complexity index is 537. The molecule has 1 aromatic heterocycles. The van der Waals surface area contributed by atoms with Gasteiger partial charge in [0.05, 0.1) is 0 Å². The van der Waals surface area contributed by atoms with E-state index in [-0.39, 0.29) is 29.2 Å². The van der Waals surface area contributed by atoms with Crippen LogP contribution in [-0.4, -0.2) is 10.8 Å². The van der Waals surface area contributed by atoms with E-state index >= 15 is 0 Å². The molecule has 0 bridgehead atoms. The summed E-state index contributed by atoms with van der Waals surface area (Å²) < 4.78 is 13.5. The molecule has 0 aliphatic heterocycles. The number of nitrogens with zero attached hydrogens (tertiary/aromatic N) is 1. The van der Waals surface area contributed by atoms with Gasteiger partial charge in [-0.1, -0.05) is 23.7 Å². The van der Waals surface area contributed by atoms with Crippen LogP contribution in [0, 0.1) is 5.82 Å². The summed E-state index contributed by atoms with van der Waals surface area (Å²) in [6.45, 7) is 0. The van der Waals surface area contributed by atoms with Crippen LogP contribution in [0.1, 0.15) is 11.3 Å². The van der Waals surface area contributed by atoms with Gasteiger partial charge in [-0.15, -0.1) is 0 Å². The van der Waals surface area contributed by atoms with E-state index in [0.717, 1.165) is 0 Å². The third-order valence-electron chi connectivity index (χ3n) is 2.54. The van der Waals surface area contributed by atoms with Gasteiger partial charge in [0.15, 0.2) is 0 Å². The summed E-state index contributed by atoms with van der Waals surface area (Å²) in [4.78, 5) is 15.9. The minimum atomic E-state index is -0.447. The number of rotatable bonds is 4. The topological polar surface area (TPSA) is 30.0 Å². The first-order chi connectivity index (χ1) is 8.66. The molecule has 92 valence electrons. The number of hydrogen-bond acceptors (Lipinski definition) is 2. The fraction of sp³-hybridized carbons (Fsp3) is 0.143. The highest BCUT2D eigenvalue weighted by Crippen LogP contribution is 2.20. The van der Waals surface area contributed by atoms with E-state index in [4.69, 9.17) is 11.6 Å². The molecule has 0 aliphatic rings. The first-order valence-electron chi connectivity index (χ1n) is 5.51. The Hall–Kier alpha value is -1.74. The maximum absolute atomic E-state index is 13.5. The van der Waals surface area contributed by atoms with E-state index in [1.165, 1.54) is 12.1 Å². The maximum Gasteiger partial charge on any atom is 0.143 e. The van der Waals surface area contributed by atoms with Gasteiger partial charge in [-0.2, -0.15) is 0 Å². The van der Waals surface area contributed by atoms with Gasteiger partial charge in [-0.3, -0.25) is 9.78 Å². The first-order valence-corrected chi connectivity index (χ1v) is 5.89. The molecule has 2 nitrogen and oxygen atoms in total. The molecule has 4 heteroatoms. The fourth-order valence-corrected chi connectivity index (χ4v) is 1.90. The Morgan fingerprint density at radius 2 is 2.00 bits per heavy atom. The largest absolute Gasteiger partial charge is 0.299 e. The average Bonchev–Trinajstić information content (AvgIpc) is 2.35. The number of ketones is 1. The normalized spacial score (nSPS) is 10.3. The molecule has 2 aromatic rings. The van der Waals surface area contributed by atoms with Gasteiger partial charge < -0.3 is 0 Å². The lowest BCUT2D eigenvalue weighted by atomic mass is 10.0. The Labute approximate surface area is 109 Å². The molecule has 0 fully saturated rings. The molecule has 0 saturated heterocycles. The number of hydrogen-bond donors (Lipinski definition) is 0. The molecule has 0 spiro atoms. The maximum atomic E-state index is 13.5. The monoisotopic (exact) mass is 263 g/mol. The van der Waals surface area contributed by atoms with E-state index in [2.05, 4.69) is 4.98 Å². The minimum absolute atomic E-state index is 0.0118. The Balaban J connectivity index is 2.08. The number of Topliss-reactive ketones (excluding diaryl/α,β-unsaturated/α-hetero) is 1. The zero-order valence-corrected chi connectivity index (χ0v) is 10.3. The molecule has 18 heavy (non-hydrogen) atoms. The molecule has 0 N–H and O–H groups in total. The van der Waals surface area contributed by atoms with Crippen molar-refractivity contribution < 1.29 is 9.18 Å². The summed E-state index contributed by atoms with van der Waals surface area (Å²) in [6, 6.07) is 9.75. The first kappa shape index (κ1) is 12.7. The fourth-order valence-electron chi connectivity index (χ4n) is 1.67. The average molecular weight is 264 g/mol. The second-order valence-electron chi connectivity index (χ2n) is 3.91. The van der Waals surface area contributed by atoms with Crippen LogP contribution in [0.3, 0.4) is 0 Å². The summed E-state index contributed by atoms with van der Waals surface area (Å²) in [6.07, 6.45) is 1.80. The third-order valence-corrected chi connectivity index (χ3v) is 2.89. The standard InChI is InChI=1S/C14H11ClFNO/c15-13-5-3-6-14(16)12(13)9-11(18)8-10-4-1-2-7-17-10/h1-7H,8-9H2. The highest BCUT2D eigenvalue weighted by atomic mass is 35.5. The van der Waals surface area contributed by atoms with E-state index in [1.54, 1.807) is 24.4 Å². The summed E-state index contributed by atoms with van der Waals surface area (Å²) >= 11 is 5.87. The van der Waals surface area contributed by atoms with Gasteiger partial charge in [-0.25, -0.2) is 4.39 Å². The van der Waals surface area contributed by atoms with Crippen LogP contribution in [0.2, 0.25) is 5.02 Å². The molecular formula is C14H11ClFNO. The van der Waals surface area contributed by atoms with Crippen molar-refractivity contribution in [2.24, 2.45) is 0 Å². The number of carbonyl (C=O) groups is 1. The number of halogens is 2. The Kier molecular flexibility index (Phi) is 4.05. The number of pyridine rings is 1. The quantitative estimate of drug-likeness (QED) is 0.848. The Morgan fingerprint density at radius 3 is 2.67 bits per heavy atom. The van der Waals surface area contributed by atoms with Crippen LogP contribution < -0.4 is 0 Å². The van der Waals surface area contributed by atoms with Crippen LogP contribution in [0.15, 0.2) is 42.6 Å². The zero-order chi connectivity index (χ0) is 13.0. The van der Waals surface area contributed by atoms with Gasteiger partial charge in [0, 0.05) is 35.3 Å². The lowest BCUT2D eigenvalue weighted by molar-refractivity contribution is -0.117. The molecule has 1 aromatic carbocycles. The SMILES string of the molecule is O=C(Cc1ccccn1)Cc1c(F)cccc1Cl. The molecule has 0 amide bonds. The van der Waals surface area contributed by atoms with Crippen LogP contribution in [0.5, 0.6) is 0 Å². The van der Waals surface area contributed by atoms with Crippen molar-refractivity contribution in [2.75, 3.05) is 0 Å². The number of benzene rings is 1. The predicted octanol–water partition coefficient (Wildman–Crippen LogP) is 3.23. The van der Waals surface area contributed by atoms with Crippen molar-refractivity contribution >= 4 is 17.4 Å². The third kappa shape index (κ3) is 3.14. The number of carbonyl (C=O) groups excluding carboxylic acids is 1. The van der Waals surface area contributed by atoms with Crippen LogP contribution >= 0.6 is 11.6 Å². The molecule has 0 radical (unpaired) electrons. The highest BCUT2D eigenvalue weighted by molar-refractivity contribution is 6.31. The second kappa shape index (κ2) is 5.74. The van der Waals surface area contributed by atoms with Crippen molar-refractivity contribution in [3.8, 4) is 0 Å². The van der Waals surface area contributed by atoms with Crippen molar-refractivity contribution in [3.05, 3.63) is 64.7 Å². The zero-order valence-electron chi connectivity index (χ0n) is 9.57. The van der Waals surface area contributed by atoms with E-state index in [0.29, 0.717) is 5.69 Å². The van der Waals surface area contributed by atoms with Gasteiger partial charge >= 0.3 is 0 Å². The lowest BCUT2D eigenvalue weighted by Gasteiger charge is -2.05. The predicted molar refractivity (Wildman–Crippen MR) is 68.1 cm³/mol. The van der Waals surface area contributed by atoms with Gasteiger partial charge in [0.2, 0.25) is 0 Å². The highest BCUT2D eigenvalue weighted by Gasteiger charge is 2.12. The molecule has 0 aliphatic carbocycles. The van der Waals surface area contributed by atoms with Crippen LogP contribution in [0.4, 0.5) is 4.39 Å². The molecule has 2 rings (SSSR count). The van der Waals surface area contributed by atoms with Crippen LogP contribution in [0.25, 0.3) is 0 Å². The number of aromatic nitrogens is 1. The molecule has 0 unspecified atom stereocenters. The van der Waals surface area contributed by atoms with E-state index < -0.39 is 5.82 Å². The van der Waals surface area contributed by atoms with Crippen molar-refractivity contribution in [3.63, 3.8) is 0 Å². The summed E-state index contributed by atoms with van der Waals surface area (Å²) in [5, 5.41) is 0.282.